The summed E-state index contributed by atoms with van der Waals surface area (Å²) >= 11 is 0. The second-order valence-corrected chi connectivity index (χ2v) is 8.37. The molecule has 2 N–H and O–H groups in total. The number of aryl methyl sites for hydroxylation is 2. The molecule has 0 saturated heterocycles. The van der Waals surface area contributed by atoms with Gasteiger partial charge < -0.3 is 19.3 Å². The maximum absolute atomic E-state index is 10.6. The lowest BCUT2D eigenvalue weighted by Crippen LogP contribution is -3.14. The summed E-state index contributed by atoms with van der Waals surface area (Å²) in [7, 11) is 0. The van der Waals surface area contributed by atoms with Crippen molar-refractivity contribution < 1.29 is 14.7 Å². The van der Waals surface area contributed by atoms with Gasteiger partial charge >= 0.3 is 0 Å². The van der Waals surface area contributed by atoms with Gasteiger partial charge in [0.25, 0.3) is 0 Å². The Kier molecular flexibility index (Phi) is 4.61. The van der Waals surface area contributed by atoms with Gasteiger partial charge in [-0.1, -0.05) is 29.8 Å². The average molecular weight is 378 g/mol. The molecule has 0 amide bonds. The third-order valence-corrected chi connectivity index (χ3v) is 6.45. The summed E-state index contributed by atoms with van der Waals surface area (Å²) in [5.74, 6) is 0.825. The molecule has 0 spiro atoms. The van der Waals surface area contributed by atoms with Crippen molar-refractivity contribution in [1.82, 2.24) is 4.57 Å². The second kappa shape index (κ2) is 7.26. The maximum atomic E-state index is 10.6. The zero-order valence-corrected chi connectivity index (χ0v) is 16.5. The molecule has 0 saturated carbocycles. The second-order valence-electron chi connectivity index (χ2n) is 8.37. The first-order valence-corrected chi connectivity index (χ1v) is 10.5. The van der Waals surface area contributed by atoms with Crippen molar-refractivity contribution in [2.24, 2.45) is 0 Å². The number of nitrogens with one attached hydrogen (secondary N) is 1. The van der Waals surface area contributed by atoms with E-state index in [-0.39, 0.29) is 0 Å². The number of aliphatic hydroxyl groups is 1. The molecular formula is C24H29N2O2+. The van der Waals surface area contributed by atoms with Crippen molar-refractivity contribution in [2.75, 3.05) is 19.7 Å². The van der Waals surface area contributed by atoms with Crippen LogP contribution in [-0.2, 0) is 13.0 Å². The number of aromatic nitrogens is 1. The van der Waals surface area contributed by atoms with Gasteiger partial charge in [0, 0.05) is 17.3 Å². The lowest BCUT2D eigenvalue weighted by atomic mass is 9.89. The summed E-state index contributed by atoms with van der Waals surface area (Å²) in [6, 6.07) is 17.2. The monoisotopic (exact) mass is 377 g/mol. The predicted octanol–water partition coefficient (Wildman–Crippen LogP) is 2.67. The number of quaternary nitrogens is 1. The van der Waals surface area contributed by atoms with Crippen molar-refractivity contribution in [2.45, 2.75) is 44.9 Å². The Morgan fingerprint density at radius 1 is 1.21 bits per heavy atom. The van der Waals surface area contributed by atoms with Gasteiger partial charge in [0.2, 0.25) is 0 Å². The fourth-order valence-corrected chi connectivity index (χ4v) is 5.22. The van der Waals surface area contributed by atoms with E-state index < -0.39 is 6.10 Å². The molecule has 1 aliphatic carbocycles. The highest BCUT2D eigenvalue weighted by Crippen LogP contribution is 2.37. The molecule has 2 heterocycles. The van der Waals surface area contributed by atoms with Crippen LogP contribution >= 0.6 is 0 Å². The Bertz CT molecular complexity index is 979. The summed E-state index contributed by atoms with van der Waals surface area (Å²) in [5, 5.41) is 12.1. The van der Waals surface area contributed by atoms with Crippen LogP contribution in [0.2, 0.25) is 0 Å². The van der Waals surface area contributed by atoms with Gasteiger partial charge in [0.15, 0.2) is 0 Å². The molecule has 2 aromatic carbocycles. The van der Waals surface area contributed by atoms with Crippen molar-refractivity contribution in [3.8, 4) is 5.75 Å². The number of hydrogen-bond acceptors (Lipinski definition) is 2. The minimum atomic E-state index is -0.446. The lowest BCUT2D eigenvalue weighted by Gasteiger charge is -2.37. The fraction of sp³-hybridized carbons (Fsp3) is 0.417. The minimum Gasteiger partial charge on any atom is -0.491 e. The van der Waals surface area contributed by atoms with Crippen LogP contribution in [0, 0.1) is 6.92 Å². The average Bonchev–Trinajstić information content (AvgIpc) is 3.04. The lowest BCUT2D eigenvalue weighted by molar-refractivity contribution is -0.939. The topological polar surface area (TPSA) is 38.8 Å². The number of para-hydroxylation sites is 1. The minimum absolute atomic E-state index is 0.356. The van der Waals surface area contributed by atoms with Crippen LogP contribution in [0.1, 0.15) is 35.7 Å². The largest absolute Gasteiger partial charge is 0.491 e. The van der Waals surface area contributed by atoms with Gasteiger partial charge in [-0.25, -0.2) is 0 Å². The maximum Gasteiger partial charge on any atom is 0.137 e. The quantitative estimate of drug-likeness (QED) is 0.718. The third kappa shape index (κ3) is 3.11. The number of aliphatic hydroxyl groups excluding tert-OH is 1. The smallest absolute Gasteiger partial charge is 0.137 e. The number of rotatable bonds is 5. The first kappa shape index (κ1) is 17.8. The first-order chi connectivity index (χ1) is 13.7. The molecule has 3 aromatic rings. The Morgan fingerprint density at radius 3 is 2.93 bits per heavy atom. The predicted molar refractivity (Wildman–Crippen MR) is 111 cm³/mol. The van der Waals surface area contributed by atoms with E-state index in [0.717, 1.165) is 25.4 Å². The molecular weight excluding hydrogens is 348 g/mol. The highest BCUT2D eigenvalue weighted by Gasteiger charge is 2.38. The molecule has 0 radical (unpaired) electrons. The molecule has 1 aromatic heterocycles. The molecule has 5 rings (SSSR count). The molecule has 1 unspecified atom stereocenters. The highest BCUT2D eigenvalue weighted by atomic mass is 16.5. The van der Waals surface area contributed by atoms with Crippen molar-refractivity contribution in [3.05, 3.63) is 65.4 Å². The van der Waals surface area contributed by atoms with Crippen LogP contribution < -0.4 is 9.64 Å². The van der Waals surface area contributed by atoms with E-state index in [2.05, 4.69) is 29.7 Å². The highest BCUT2D eigenvalue weighted by molar-refractivity contribution is 5.86. The van der Waals surface area contributed by atoms with Crippen LogP contribution in [0.25, 0.3) is 10.9 Å². The number of benzene rings is 2. The van der Waals surface area contributed by atoms with Crippen molar-refractivity contribution in [3.63, 3.8) is 0 Å². The van der Waals surface area contributed by atoms with Crippen LogP contribution in [0.15, 0.2) is 48.5 Å². The van der Waals surface area contributed by atoms with Crippen LogP contribution in [0.4, 0.5) is 0 Å². The molecule has 28 heavy (non-hydrogen) atoms. The Labute approximate surface area is 166 Å². The molecule has 0 bridgehead atoms. The molecule has 146 valence electrons. The first-order valence-electron chi connectivity index (χ1n) is 10.5. The van der Waals surface area contributed by atoms with Gasteiger partial charge in [-0.3, -0.25) is 0 Å². The number of hydrogen-bond donors (Lipinski definition) is 2. The summed E-state index contributed by atoms with van der Waals surface area (Å²) < 4.78 is 8.34. The Hall–Kier alpha value is -2.30. The standard InChI is InChI=1S/C24H28N2O2/c1-17-10-11-22-21(14-17)20-8-5-9-23-24(20)26(22)13-12-25(23)15-18(27)16-28-19-6-3-2-4-7-19/h2-4,6-7,10-11,14,18,23,27H,5,8-9,12-13,15-16H2,1H3/p+1/t18-,23-/m0/s1. The van der Waals surface area contributed by atoms with E-state index in [9.17, 15) is 5.11 Å². The van der Waals surface area contributed by atoms with E-state index in [4.69, 9.17) is 4.74 Å². The molecule has 3 atom stereocenters. The summed E-state index contributed by atoms with van der Waals surface area (Å²) in [4.78, 5) is 1.51. The van der Waals surface area contributed by atoms with E-state index >= 15 is 0 Å². The summed E-state index contributed by atoms with van der Waals surface area (Å²) in [5.41, 5.74) is 5.83. The summed E-state index contributed by atoms with van der Waals surface area (Å²) in [6.45, 7) is 5.39. The zero-order valence-electron chi connectivity index (χ0n) is 16.5. The molecule has 4 heteroatoms. The number of ether oxygens (including phenoxy) is 1. The zero-order chi connectivity index (χ0) is 19.1. The van der Waals surface area contributed by atoms with E-state index in [1.54, 1.807) is 5.56 Å². The van der Waals surface area contributed by atoms with E-state index in [1.807, 2.05) is 30.3 Å². The SMILES string of the molecule is Cc1ccc2c(c1)c1c3n2CC[NH+](C[C@H](O)COc2ccccc2)[C@H]3CCC1. The number of fused-ring (bicyclic) bond motifs is 3. The van der Waals surface area contributed by atoms with Crippen molar-refractivity contribution >= 4 is 10.9 Å². The van der Waals surface area contributed by atoms with Gasteiger partial charge in [-0.15, -0.1) is 0 Å². The van der Waals surface area contributed by atoms with Gasteiger partial charge in [-0.05, 0) is 49.6 Å². The van der Waals surface area contributed by atoms with Crippen molar-refractivity contribution in [1.29, 1.82) is 0 Å². The van der Waals surface area contributed by atoms with Crippen LogP contribution in [0.5, 0.6) is 5.75 Å². The van der Waals surface area contributed by atoms with Crippen LogP contribution in [0.3, 0.4) is 0 Å². The van der Waals surface area contributed by atoms with Gasteiger partial charge in [-0.2, -0.15) is 0 Å². The molecule has 4 nitrogen and oxygen atoms in total. The third-order valence-electron chi connectivity index (χ3n) is 6.45. The molecule has 1 aliphatic heterocycles. The van der Waals surface area contributed by atoms with Gasteiger partial charge in [0.1, 0.15) is 31.0 Å². The molecule has 0 fully saturated rings. The molecule has 2 aliphatic rings. The normalized spacial score (nSPS) is 22.1. The number of nitrogens with zero attached hydrogens (tertiary/aromatic N) is 1. The van der Waals surface area contributed by atoms with Crippen LogP contribution in [-0.4, -0.2) is 35.5 Å². The van der Waals surface area contributed by atoms with E-state index in [1.165, 1.54) is 46.3 Å². The fourth-order valence-electron chi connectivity index (χ4n) is 5.22. The Morgan fingerprint density at radius 2 is 2.07 bits per heavy atom. The van der Waals surface area contributed by atoms with E-state index in [0.29, 0.717) is 12.6 Å². The summed E-state index contributed by atoms with van der Waals surface area (Å²) in [6.07, 6.45) is 3.19. The Balaban J connectivity index is 1.36. The van der Waals surface area contributed by atoms with Gasteiger partial charge in [0.05, 0.1) is 18.8 Å².